The predicted molar refractivity (Wildman–Crippen MR) is 102 cm³/mol. The van der Waals surface area contributed by atoms with E-state index < -0.39 is 0 Å². The molecule has 0 aliphatic heterocycles. The lowest BCUT2D eigenvalue weighted by Crippen LogP contribution is -2.35. The fourth-order valence-electron chi connectivity index (χ4n) is 2.97. The summed E-state index contributed by atoms with van der Waals surface area (Å²) in [6.07, 6.45) is 0.482. The number of nitrogens with one attached hydrogen (secondary N) is 1. The van der Waals surface area contributed by atoms with Crippen molar-refractivity contribution in [3.63, 3.8) is 0 Å². The number of para-hydroxylation sites is 1. The molecule has 2 aromatic carbocycles. The third-order valence-corrected chi connectivity index (χ3v) is 4.47. The molecule has 2 unspecified atom stereocenters. The van der Waals surface area contributed by atoms with Crippen molar-refractivity contribution < 1.29 is 9.53 Å². The van der Waals surface area contributed by atoms with Gasteiger partial charge in [-0.3, -0.25) is 4.79 Å². The molecule has 2 aromatic rings. The van der Waals surface area contributed by atoms with Crippen LogP contribution >= 0.6 is 0 Å². The zero-order chi connectivity index (χ0) is 18.2. The minimum Gasteiger partial charge on any atom is -0.496 e. The molecule has 1 N–H and O–H groups in total. The minimum absolute atomic E-state index is 0.0622. The maximum Gasteiger partial charge on any atom is 0.220 e. The van der Waals surface area contributed by atoms with E-state index in [0.717, 1.165) is 11.3 Å². The van der Waals surface area contributed by atoms with Gasteiger partial charge in [-0.25, -0.2) is 0 Å². The van der Waals surface area contributed by atoms with Gasteiger partial charge in [-0.2, -0.15) is 0 Å². The lowest BCUT2D eigenvalue weighted by molar-refractivity contribution is -0.121. The smallest absolute Gasteiger partial charge is 0.220 e. The molecule has 4 heteroatoms. The van der Waals surface area contributed by atoms with Crippen LogP contribution in [0.2, 0.25) is 0 Å². The summed E-state index contributed by atoms with van der Waals surface area (Å²) >= 11 is 0. The molecular formula is C21H28N2O2. The molecule has 0 radical (unpaired) electrons. The Labute approximate surface area is 150 Å². The zero-order valence-electron chi connectivity index (χ0n) is 15.5. The standard InChI is InChI=1S/C21H28N2O2/c1-16(17-10-6-5-7-11-17)14-21(24)22-15-19(23(2)3)18-12-8-9-13-20(18)25-4/h5-13,16,19H,14-15H2,1-4H3,(H,22,24). The van der Waals surface area contributed by atoms with Gasteiger partial charge in [0, 0.05) is 18.5 Å². The third-order valence-electron chi connectivity index (χ3n) is 4.47. The maximum atomic E-state index is 12.4. The summed E-state index contributed by atoms with van der Waals surface area (Å²) in [6.45, 7) is 2.63. The number of hydrogen-bond acceptors (Lipinski definition) is 3. The van der Waals surface area contributed by atoms with Crippen molar-refractivity contribution in [2.24, 2.45) is 0 Å². The molecule has 0 heterocycles. The highest BCUT2D eigenvalue weighted by atomic mass is 16.5. The van der Waals surface area contributed by atoms with Crippen LogP contribution in [0.4, 0.5) is 0 Å². The van der Waals surface area contributed by atoms with Crippen molar-refractivity contribution >= 4 is 5.91 Å². The van der Waals surface area contributed by atoms with E-state index in [9.17, 15) is 4.79 Å². The number of likely N-dealkylation sites (N-methyl/N-ethyl adjacent to an activating group) is 1. The van der Waals surface area contributed by atoms with E-state index in [1.807, 2.05) is 56.6 Å². The summed E-state index contributed by atoms with van der Waals surface area (Å²) in [5.74, 6) is 1.11. The quantitative estimate of drug-likeness (QED) is 0.798. The van der Waals surface area contributed by atoms with Crippen LogP contribution in [-0.2, 0) is 4.79 Å². The van der Waals surface area contributed by atoms with E-state index in [1.54, 1.807) is 7.11 Å². The van der Waals surface area contributed by atoms with Crippen molar-refractivity contribution in [3.8, 4) is 5.75 Å². The number of carbonyl (C=O) groups is 1. The molecule has 1 amide bonds. The van der Waals surface area contributed by atoms with Crippen molar-refractivity contribution in [1.82, 2.24) is 10.2 Å². The number of amides is 1. The van der Waals surface area contributed by atoms with Gasteiger partial charge in [0.15, 0.2) is 0 Å². The Morgan fingerprint density at radius 1 is 1.08 bits per heavy atom. The number of ether oxygens (including phenoxy) is 1. The first kappa shape index (κ1) is 19.0. The third kappa shape index (κ3) is 5.33. The Morgan fingerprint density at radius 2 is 1.72 bits per heavy atom. The van der Waals surface area contributed by atoms with Crippen LogP contribution in [0.1, 0.15) is 36.4 Å². The second-order valence-electron chi connectivity index (χ2n) is 6.54. The second kappa shape index (κ2) is 9.23. The Balaban J connectivity index is 1.98. The van der Waals surface area contributed by atoms with Crippen LogP contribution in [0, 0.1) is 0 Å². The lowest BCUT2D eigenvalue weighted by atomic mass is 9.97. The van der Waals surface area contributed by atoms with Crippen LogP contribution in [0.3, 0.4) is 0 Å². The Morgan fingerprint density at radius 3 is 2.36 bits per heavy atom. The maximum absolute atomic E-state index is 12.4. The van der Waals surface area contributed by atoms with Gasteiger partial charge in [0.05, 0.1) is 13.2 Å². The van der Waals surface area contributed by atoms with Crippen LogP contribution in [0.15, 0.2) is 54.6 Å². The van der Waals surface area contributed by atoms with Gasteiger partial charge in [-0.05, 0) is 31.6 Å². The van der Waals surface area contributed by atoms with Gasteiger partial charge in [0.25, 0.3) is 0 Å². The van der Waals surface area contributed by atoms with Gasteiger partial charge in [-0.15, -0.1) is 0 Å². The zero-order valence-corrected chi connectivity index (χ0v) is 15.5. The normalized spacial score (nSPS) is 13.3. The minimum atomic E-state index is 0.0622. The Kier molecular flexibility index (Phi) is 7.02. The fraction of sp³-hybridized carbons (Fsp3) is 0.381. The van der Waals surface area contributed by atoms with Crippen LogP contribution in [0.25, 0.3) is 0 Å². The van der Waals surface area contributed by atoms with Gasteiger partial charge >= 0.3 is 0 Å². The van der Waals surface area contributed by atoms with Crippen molar-refractivity contribution in [3.05, 3.63) is 65.7 Å². The predicted octanol–water partition coefficient (Wildman–Crippen LogP) is 3.61. The largest absolute Gasteiger partial charge is 0.496 e. The number of benzene rings is 2. The molecular weight excluding hydrogens is 312 g/mol. The molecule has 25 heavy (non-hydrogen) atoms. The number of hydrogen-bond donors (Lipinski definition) is 1. The molecule has 0 aliphatic carbocycles. The van der Waals surface area contributed by atoms with Crippen molar-refractivity contribution in [2.45, 2.75) is 25.3 Å². The SMILES string of the molecule is COc1ccccc1C(CNC(=O)CC(C)c1ccccc1)N(C)C. The summed E-state index contributed by atoms with van der Waals surface area (Å²) in [7, 11) is 5.69. The van der Waals surface area contributed by atoms with E-state index in [4.69, 9.17) is 4.74 Å². The monoisotopic (exact) mass is 340 g/mol. The summed E-state index contributed by atoms with van der Waals surface area (Å²) < 4.78 is 5.47. The van der Waals surface area contributed by atoms with Gasteiger partial charge < -0.3 is 15.0 Å². The molecule has 0 spiro atoms. The molecule has 2 atom stereocenters. The van der Waals surface area contributed by atoms with E-state index in [0.29, 0.717) is 13.0 Å². The highest BCUT2D eigenvalue weighted by Gasteiger charge is 2.19. The van der Waals surface area contributed by atoms with Gasteiger partial charge in [0.1, 0.15) is 5.75 Å². The molecule has 0 aliphatic rings. The molecule has 0 saturated carbocycles. The average molecular weight is 340 g/mol. The number of nitrogens with zero attached hydrogens (tertiary/aromatic N) is 1. The highest BCUT2D eigenvalue weighted by Crippen LogP contribution is 2.27. The number of carbonyl (C=O) groups excluding carboxylic acids is 1. The summed E-state index contributed by atoms with van der Waals surface area (Å²) in [4.78, 5) is 14.5. The topological polar surface area (TPSA) is 41.6 Å². The fourth-order valence-corrected chi connectivity index (χ4v) is 2.97. The first-order valence-electron chi connectivity index (χ1n) is 8.64. The molecule has 2 rings (SSSR count). The van der Waals surface area contributed by atoms with Gasteiger partial charge in [0.2, 0.25) is 5.91 Å². The molecule has 0 saturated heterocycles. The number of methoxy groups -OCH3 is 1. The van der Waals surface area contributed by atoms with Crippen LogP contribution in [0.5, 0.6) is 5.75 Å². The number of rotatable bonds is 8. The Bertz CT molecular complexity index is 671. The van der Waals surface area contributed by atoms with E-state index in [2.05, 4.69) is 29.3 Å². The van der Waals surface area contributed by atoms with Crippen LogP contribution in [-0.4, -0.2) is 38.6 Å². The first-order valence-corrected chi connectivity index (χ1v) is 8.64. The van der Waals surface area contributed by atoms with Crippen LogP contribution < -0.4 is 10.1 Å². The van der Waals surface area contributed by atoms with Gasteiger partial charge in [-0.1, -0.05) is 55.5 Å². The van der Waals surface area contributed by atoms with E-state index >= 15 is 0 Å². The van der Waals surface area contributed by atoms with E-state index in [1.165, 1.54) is 5.56 Å². The summed E-state index contributed by atoms with van der Waals surface area (Å²) in [6, 6.07) is 18.1. The second-order valence-corrected chi connectivity index (χ2v) is 6.54. The molecule has 134 valence electrons. The van der Waals surface area contributed by atoms with E-state index in [-0.39, 0.29) is 17.9 Å². The summed E-state index contributed by atoms with van der Waals surface area (Å²) in [5, 5.41) is 3.08. The highest BCUT2D eigenvalue weighted by molar-refractivity contribution is 5.76. The summed E-state index contributed by atoms with van der Waals surface area (Å²) in [5.41, 5.74) is 2.26. The molecule has 4 nitrogen and oxygen atoms in total. The molecule has 0 fully saturated rings. The van der Waals surface area contributed by atoms with Crippen molar-refractivity contribution in [2.75, 3.05) is 27.7 Å². The molecule has 0 aromatic heterocycles. The lowest BCUT2D eigenvalue weighted by Gasteiger charge is -2.26. The Hall–Kier alpha value is -2.33. The molecule has 0 bridgehead atoms. The average Bonchev–Trinajstić information content (AvgIpc) is 2.62. The van der Waals surface area contributed by atoms with Crippen molar-refractivity contribution in [1.29, 1.82) is 0 Å². The first-order chi connectivity index (χ1) is 12.0.